The quantitative estimate of drug-likeness (QED) is 0.331. The van der Waals surface area contributed by atoms with Crippen LogP contribution in [0.25, 0.3) is 0 Å². The van der Waals surface area contributed by atoms with E-state index in [-0.39, 0.29) is 44.8 Å². The Labute approximate surface area is 134 Å². The number of carbonyl (C=O) groups is 4. The topological polar surface area (TPSA) is 105 Å². The summed E-state index contributed by atoms with van der Waals surface area (Å²) in [5.41, 5.74) is 0.0231. The number of rotatable bonds is 10. The fourth-order valence-corrected chi connectivity index (χ4v) is 1.32. The van der Waals surface area contributed by atoms with Crippen LogP contribution in [0, 0.1) is 0 Å². The third kappa shape index (κ3) is 10.9. The summed E-state index contributed by atoms with van der Waals surface area (Å²) < 4.78 is 18.9. The van der Waals surface area contributed by atoms with Gasteiger partial charge in [0, 0.05) is 11.6 Å². The lowest BCUT2D eigenvalue weighted by atomic mass is 10.3. The van der Waals surface area contributed by atoms with E-state index < -0.39 is 23.9 Å². The third-order valence-corrected chi connectivity index (χ3v) is 2.36. The first kappa shape index (κ1) is 20.6. The molecule has 23 heavy (non-hydrogen) atoms. The standard InChI is InChI=1S/C15H22O8/c1-4-20-12(16)6-8-22-14(18)10-11(3)15(19)23-9-7-13(17)21-5-2/h10H,4-9H2,1-3H3/b11-10-. The second-order valence-electron chi connectivity index (χ2n) is 4.24. The highest BCUT2D eigenvalue weighted by molar-refractivity contribution is 5.95. The van der Waals surface area contributed by atoms with Crippen molar-refractivity contribution in [2.24, 2.45) is 0 Å². The molecule has 0 N–H and O–H groups in total. The van der Waals surface area contributed by atoms with E-state index in [0.717, 1.165) is 6.08 Å². The zero-order valence-electron chi connectivity index (χ0n) is 13.6. The fraction of sp³-hybridized carbons (Fsp3) is 0.600. The highest BCUT2D eigenvalue weighted by Crippen LogP contribution is 2.00. The molecular weight excluding hydrogens is 308 g/mol. The Balaban J connectivity index is 4.06. The predicted molar refractivity (Wildman–Crippen MR) is 78.2 cm³/mol. The largest absolute Gasteiger partial charge is 0.466 e. The van der Waals surface area contributed by atoms with E-state index in [4.69, 9.17) is 9.47 Å². The second-order valence-corrected chi connectivity index (χ2v) is 4.24. The average Bonchev–Trinajstić information content (AvgIpc) is 2.47. The molecule has 8 nitrogen and oxygen atoms in total. The minimum absolute atomic E-state index is 0.0231. The summed E-state index contributed by atoms with van der Waals surface area (Å²) in [7, 11) is 0. The summed E-state index contributed by atoms with van der Waals surface area (Å²) in [5.74, 6) is -2.45. The zero-order chi connectivity index (χ0) is 17.7. The average molecular weight is 330 g/mol. The van der Waals surface area contributed by atoms with Gasteiger partial charge in [-0.1, -0.05) is 0 Å². The van der Waals surface area contributed by atoms with Crippen LogP contribution < -0.4 is 0 Å². The van der Waals surface area contributed by atoms with Crippen LogP contribution in [0.5, 0.6) is 0 Å². The van der Waals surface area contributed by atoms with Gasteiger partial charge in [0.2, 0.25) is 0 Å². The van der Waals surface area contributed by atoms with Crippen LogP contribution in [0.3, 0.4) is 0 Å². The minimum Gasteiger partial charge on any atom is -0.466 e. The Kier molecular flexibility index (Phi) is 10.9. The molecule has 0 saturated carbocycles. The highest BCUT2D eigenvalue weighted by atomic mass is 16.6. The first-order chi connectivity index (χ1) is 10.9. The van der Waals surface area contributed by atoms with E-state index in [0.29, 0.717) is 0 Å². The molecule has 130 valence electrons. The van der Waals surface area contributed by atoms with Crippen LogP contribution in [-0.2, 0) is 38.1 Å². The summed E-state index contributed by atoms with van der Waals surface area (Å²) in [6.45, 7) is 4.94. The van der Waals surface area contributed by atoms with Crippen molar-refractivity contribution >= 4 is 23.9 Å². The van der Waals surface area contributed by atoms with Crippen molar-refractivity contribution in [3.05, 3.63) is 11.6 Å². The van der Waals surface area contributed by atoms with Crippen LogP contribution in [0.4, 0.5) is 0 Å². The Hall–Kier alpha value is -2.38. The van der Waals surface area contributed by atoms with Crippen molar-refractivity contribution in [2.45, 2.75) is 33.6 Å². The van der Waals surface area contributed by atoms with Gasteiger partial charge in [0.15, 0.2) is 0 Å². The Morgan fingerprint density at radius 1 is 0.783 bits per heavy atom. The number of ether oxygens (including phenoxy) is 4. The molecule has 0 fully saturated rings. The normalized spacial score (nSPS) is 10.7. The molecule has 0 radical (unpaired) electrons. The molecule has 0 aromatic carbocycles. The fourth-order valence-electron chi connectivity index (χ4n) is 1.32. The van der Waals surface area contributed by atoms with Gasteiger partial charge >= 0.3 is 23.9 Å². The zero-order valence-corrected chi connectivity index (χ0v) is 13.6. The summed E-state index contributed by atoms with van der Waals surface area (Å²) in [6, 6.07) is 0. The van der Waals surface area contributed by atoms with Gasteiger partial charge in [-0.2, -0.15) is 0 Å². The maximum absolute atomic E-state index is 11.6. The van der Waals surface area contributed by atoms with Gasteiger partial charge in [0.05, 0.1) is 26.1 Å². The monoisotopic (exact) mass is 330 g/mol. The lowest BCUT2D eigenvalue weighted by Gasteiger charge is -2.05. The summed E-state index contributed by atoms with van der Waals surface area (Å²) >= 11 is 0. The lowest BCUT2D eigenvalue weighted by molar-refractivity contribution is -0.149. The molecule has 0 heterocycles. The maximum Gasteiger partial charge on any atom is 0.333 e. The molecule has 0 saturated heterocycles. The van der Waals surface area contributed by atoms with Crippen molar-refractivity contribution in [1.29, 1.82) is 0 Å². The molecular formula is C15H22O8. The molecule has 8 heteroatoms. The Morgan fingerprint density at radius 3 is 1.74 bits per heavy atom. The molecule has 0 aliphatic rings. The molecule has 0 bridgehead atoms. The molecule has 0 aliphatic heterocycles. The second kappa shape index (κ2) is 12.2. The first-order valence-corrected chi connectivity index (χ1v) is 7.24. The third-order valence-electron chi connectivity index (χ3n) is 2.36. The lowest BCUT2D eigenvalue weighted by Crippen LogP contribution is -2.14. The van der Waals surface area contributed by atoms with Gasteiger partial charge < -0.3 is 18.9 Å². The van der Waals surface area contributed by atoms with Crippen molar-refractivity contribution in [3.63, 3.8) is 0 Å². The first-order valence-electron chi connectivity index (χ1n) is 7.24. The highest BCUT2D eigenvalue weighted by Gasteiger charge is 2.11. The molecule has 0 aromatic heterocycles. The van der Waals surface area contributed by atoms with E-state index in [1.54, 1.807) is 13.8 Å². The molecule has 0 rings (SSSR count). The molecule has 0 aliphatic carbocycles. The van der Waals surface area contributed by atoms with Gasteiger partial charge in [-0.05, 0) is 20.8 Å². The predicted octanol–water partition coefficient (Wildman–Crippen LogP) is 0.925. The van der Waals surface area contributed by atoms with Crippen molar-refractivity contribution in [3.8, 4) is 0 Å². The number of esters is 4. The number of hydrogen-bond donors (Lipinski definition) is 0. The van der Waals surface area contributed by atoms with Gasteiger partial charge in [0.1, 0.15) is 13.2 Å². The molecule has 0 atom stereocenters. The van der Waals surface area contributed by atoms with E-state index in [1.165, 1.54) is 6.92 Å². The van der Waals surface area contributed by atoms with Crippen LogP contribution in [0.1, 0.15) is 33.6 Å². The van der Waals surface area contributed by atoms with Crippen LogP contribution in [0.15, 0.2) is 11.6 Å². The Bertz CT molecular complexity index is 452. The van der Waals surface area contributed by atoms with E-state index in [2.05, 4.69) is 9.47 Å². The van der Waals surface area contributed by atoms with Crippen LogP contribution >= 0.6 is 0 Å². The van der Waals surface area contributed by atoms with Crippen LogP contribution in [-0.4, -0.2) is 50.3 Å². The number of carbonyl (C=O) groups excluding carboxylic acids is 4. The van der Waals surface area contributed by atoms with Crippen molar-refractivity contribution in [2.75, 3.05) is 26.4 Å². The molecule has 0 amide bonds. The van der Waals surface area contributed by atoms with E-state index >= 15 is 0 Å². The summed E-state index contributed by atoms with van der Waals surface area (Å²) in [4.78, 5) is 45.1. The number of hydrogen-bond acceptors (Lipinski definition) is 8. The van der Waals surface area contributed by atoms with Crippen molar-refractivity contribution < 1.29 is 38.1 Å². The molecule has 0 spiro atoms. The van der Waals surface area contributed by atoms with E-state index in [9.17, 15) is 19.2 Å². The minimum atomic E-state index is -0.769. The molecule has 0 aromatic rings. The van der Waals surface area contributed by atoms with Gasteiger partial charge in [-0.15, -0.1) is 0 Å². The smallest absolute Gasteiger partial charge is 0.333 e. The van der Waals surface area contributed by atoms with Gasteiger partial charge in [0.25, 0.3) is 0 Å². The van der Waals surface area contributed by atoms with Crippen LogP contribution in [0.2, 0.25) is 0 Å². The Morgan fingerprint density at radius 2 is 1.26 bits per heavy atom. The summed E-state index contributed by atoms with van der Waals surface area (Å²) in [5, 5.41) is 0. The molecule has 0 unspecified atom stereocenters. The van der Waals surface area contributed by atoms with Crippen molar-refractivity contribution in [1.82, 2.24) is 0 Å². The maximum atomic E-state index is 11.6. The SMILES string of the molecule is CCOC(=O)CCOC(=O)/C=C(/C)C(=O)OCCC(=O)OCC. The van der Waals surface area contributed by atoms with E-state index in [1.807, 2.05) is 0 Å². The van der Waals surface area contributed by atoms with Gasteiger partial charge in [-0.25, -0.2) is 9.59 Å². The summed E-state index contributed by atoms with van der Waals surface area (Å²) in [6.07, 6.45) is 0.838. The van der Waals surface area contributed by atoms with Gasteiger partial charge in [-0.3, -0.25) is 9.59 Å².